The summed E-state index contributed by atoms with van der Waals surface area (Å²) in [4.78, 5) is 20.6. The van der Waals surface area contributed by atoms with Gasteiger partial charge >= 0.3 is 0 Å². The molecule has 0 spiro atoms. The van der Waals surface area contributed by atoms with Crippen molar-refractivity contribution in [1.82, 2.24) is 19.9 Å². The van der Waals surface area contributed by atoms with Crippen LogP contribution in [0.4, 0.5) is 0 Å². The molecule has 6 nitrogen and oxygen atoms in total. The third-order valence-corrected chi connectivity index (χ3v) is 3.99. The molecule has 0 radical (unpaired) electrons. The van der Waals surface area contributed by atoms with Crippen LogP contribution in [0.1, 0.15) is 41.4 Å². The highest BCUT2D eigenvalue weighted by Crippen LogP contribution is 2.30. The van der Waals surface area contributed by atoms with Crippen LogP contribution in [0.15, 0.2) is 37.1 Å². The Morgan fingerprint density at radius 1 is 1.43 bits per heavy atom. The van der Waals surface area contributed by atoms with Crippen LogP contribution in [0.2, 0.25) is 0 Å². The van der Waals surface area contributed by atoms with Gasteiger partial charge in [0.15, 0.2) is 0 Å². The molecule has 110 valence electrons. The molecular formula is C15H19N5O. The van der Waals surface area contributed by atoms with E-state index in [4.69, 9.17) is 5.73 Å². The smallest absolute Gasteiger partial charge is 0.251 e. The number of nitrogens with one attached hydrogen (secondary N) is 1. The van der Waals surface area contributed by atoms with Crippen LogP contribution in [0.3, 0.4) is 0 Å². The minimum Gasteiger partial charge on any atom is -0.347 e. The third-order valence-electron chi connectivity index (χ3n) is 3.99. The van der Waals surface area contributed by atoms with Gasteiger partial charge in [0.2, 0.25) is 0 Å². The van der Waals surface area contributed by atoms with E-state index in [-0.39, 0.29) is 18.0 Å². The van der Waals surface area contributed by atoms with Crippen LogP contribution < -0.4 is 11.1 Å². The Hall–Kier alpha value is -2.21. The van der Waals surface area contributed by atoms with Gasteiger partial charge in [0.05, 0.1) is 18.1 Å². The van der Waals surface area contributed by atoms with Gasteiger partial charge < -0.3 is 15.6 Å². The van der Waals surface area contributed by atoms with Crippen molar-refractivity contribution in [3.63, 3.8) is 0 Å². The van der Waals surface area contributed by atoms with E-state index >= 15 is 0 Å². The summed E-state index contributed by atoms with van der Waals surface area (Å²) in [7, 11) is 0. The van der Waals surface area contributed by atoms with Gasteiger partial charge in [-0.1, -0.05) is 0 Å². The molecule has 2 heterocycles. The molecule has 6 heteroatoms. The maximum absolute atomic E-state index is 12.4. The fourth-order valence-electron chi connectivity index (χ4n) is 2.91. The molecule has 2 unspecified atom stereocenters. The number of carbonyl (C=O) groups excluding carboxylic acids is 1. The van der Waals surface area contributed by atoms with Gasteiger partial charge in [0, 0.05) is 36.7 Å². The molecule has 21 heavy (non-hydrogen) atoms. The van der Waals surface area contributed by atoms with Crippen molar-refractivity contribution in [3.05, 3.63) is 48.3 Å². The van der Waals surface area contributed by atoms with Crippen LogP contribution in [0, 0.1) is 0 Å². The lowest BCUT2D eigenvalue weighted by atomic mass is 10.1. The highest BCUT2D eigenvalue weighted by atomic mass is 16.1. The first-order valence-corrected chi connectivity index (χ1v) is 7.21. The Balaban J connectivity index is 1.71. The maximum atomic E-state index is 12.4. The summed E-state index contributed by atoms with van der Waals surface area (Å²) in [6.07, 6.45) is 10.3. The molecule has 1 aliphatic carbocycles. The zero-order valence-electron chi connectivity index (χ0n) is 11.8. The Morgan fingerprint density at radius 2 is 2.33 bits per heavy atom. The number of pyridine rings is 1. The van der Waals surface area contributed by atoms with E-state index in [0.29, 0.717) is 12.1 Å². The Kier molecular flexibility index (Phi) is 3.96. The van der Waals surface area contributed by atoms with Crippen LogP contribution in [0.25, 0.3) is 0 Å². The topological polar surface area (TPSA) is 85.8 Å². The summed E-state index contributed by atoms with van der Waals surface area (Å²) < 4.78 is 2.08. The number of aromatic nitrogens is 3. The molecule has 0 aromatic carbocycles. The Morgan fingerprint density at radius 3 is 3.10 bits per heavy atom. The predicted octanol–water partition coefficient (Wildman–Crippen LogP) is 1.26. The lowest BCUT2D eigenvalue weighted by Crippen LogP contribution is -2.38. The largest absolute Gasteiger partial charge is 0.347 e. The molecule has 1 fully saturated rings. The first-order chi connectivity index (χ1) is 10.3. The standard InChI is InChI=1S/C15H19N5O/c16-9-12-8-11(4-5-18-12)15(21)19-13-2-1-3-14(13)20-7-6-17-10-20/h4-8,10,13-14H,1-3,9,16H2,(H,19,21). The zero-order chi connectivity index (χ0) is 14.7. The van der Waals surface area contributed by atoms with Gasteiger partial charge in [0.1, 0.15) is 0 Å². The fourth-order valence-corrected chi connectivity index (χ4v) is 2.91. The van der Waals surface area contributed by atoms with E-state index in [2.05, 4.69) is 19.9 Å². The van der Waals surface area contributed by atoms with E-state index in [1.807, 2.05) is 12.5 Å². The molecule has 1 saturated carbocycles. The minimum atomic E-state index is -0.0656. The fraction of sp³-hybridized carbons (Fsp3) is 0.400. The minimum absolute atomic E-state index is 0.0656. The average molecular weight is 285 g/mol. The SMILES string of the molecule is NCc1cc(C(=O)NC2CCCC2n2ccnc2)ccn1. The summed E-state index contributed by atoms with van der Waals surface area (Å²) in [6, 6.07) is 3.89. The molecule has 2 aromatic rings. The number of carbonyl (C=O) groups is 1. The van der Waals surface area contributed by atoms with Crippen LogP contribution in [-0.4, -0.2) is 26.5 Å². The van der Waals surface area contributed by atoms with E-state index in [9.17, 15) is 4.79 Å². The molecule has 2 aromatic heterocycles. The Bertz CT molecular complexity index is 610. The van der Waals surface area contributed by atoms with Crippen molar-refractivity contribution in [3.8, 4) is 0 Å². The molecule has 0 bridgehead atoms. The first-order valence-electron chi connectivity index (χ1n) is 7.21. The van der Waals surface area contributed by atoms with E-state index in [1.54, 1.807) is 24.5 Å². The third kappa shape index (κ3) is 2.95. The van der Waals surface area contributed by atoms with Crippen molar-refractivity contribution in [2.24, 2.45) is 5.73 Å². The molecule has 2 atom stereocenters. The van der Waals surface area contributed by atoms with E-state index in [0.717, 1.165) is 25.0 Å². The summed E-state index contributed by atoms with van der Waals surface area (Å²) in [5.74, 6) is -0.0656. The molecule has 0 saturated heterocycles. The summed E-state index contributed by atoms with van der Waals surface area (Å²) in [5.41, 5.74) is 6.90. The van der Waals surface area contributed by atoms with E-state index < -0.39 is 0 Å². The molecular weight excluding hydrogens is 266 g/mol. The second-order valence-electron chi connectivity index (χ2n) is 5.33. The van der Waals surface area contributed by atoms with Crippen LogP contribution >= 0.6 is 0 Å². The van der Waals surface area contributed by atoms with Crippen LogP contribution in [0.5, 0.6) is 0 Å². The van der Waals surface area contributed by atoms with Crippen molar-refractivity contribution >= 4 is 5.91 Å². The molecule has 0 aliphatic heterocycles. The number of nitrogens with zero attached hydrogens (tertiary/aromatic N) is 3. The summed E-state index contributed by atoms with van der Waals surface area (Å²) >= 11 is 0. The van der Waals surface area contributed by atoms with Gasteiger partial charge in [-0.25, -0.2) is 4.98 Å². The maximum Gasteiger partial charge on any atom is 0.251 e. The van der Waals surface area contributed by atoms with Crippen molar-refractivity contribution in [2.75, 3.05) is 0 Å². The second-order valence-corrected chi connectivity index (χ2v) is 5.33. The summed E-state index contributed by atoms with van der Waals surface area (Å²) in [5, 5.41) is 3.13. The number of hydrogen-bond donors (Lipinski definition) is 2. The predicted molar refractivity (Wildman–Crippen MR) is 78.5 cm³/mol. The molecule has 3 N–H and O–H groups in total. The second kappa shape index (κ2) is 6.05. The number of imidazole rings is 1. The van der Waals surface area contributed by atoms with Gasteiger partial charge in [-0.15, -0.1) is 0 Å². The van der Waals surface area contributed by atoms with Gasteiger partial charge in [0.25, 0.3) is 5.91 Å². The highest BCUT2D eigenvalue weighted by molar-refractivity contribution is 5.94. The normalized spacial score (nSPS) is 21.4. The van der Waals surface area contributed by atoms with E-state index in [1.165, 1.54) is 0 Å². The van der Waals surface area contributed by atoms with Crippen molar-refractivity contribution in [2.45, 2.75) is 37.9 Å². The number of hydrogen-bond acceptors (Lipinski definition) is 4. The lowest BCUT2D eigenvalue weighted by Gasteiger charge is -2.22. The number of amides is 1. The Labute approximate surface area is 123 Å². The first kappa shape index (κ1) is 13.8. The number of rotatable bonds is 4. The van der Waals surface area contributed by atoms with Gasteiger partial charge in [-0.3, -0.25) is 9.78 Å². The van der Waals surface area contributed by atoms with Crippen LogP contribution in [-0.2, 0) is 6.54 Å². The monoisotopic (exact) mass is 285 g/mol. The molecule has 3 rings (SSSR count). The highest BCUT2D eigenvalue weighted by Gasteiger charge is 2.29. The number of nitrogens with two attached hydrogens (primary N) is 1. The molecule has 1 amide bonds. The van der Waals surface area contributed by atoms with Gasteiger partial charge in [-0.2, -0.15) is 0 Å². The average Bonchev–Trinajstić information content (AvgIpc) is 3.18. The van der Waals surface area contributed by atoms with Crippen molar-refractivity contribution in [1.29, 1.82) is 0 Å². The lowest BCUT2D eigenvalue weighted by molar-refractivity contribution is 0.0928. The molecule has 1 aliphatic rings. The quantitative estimate of drug-likeness (QED) is 0.885. The van der Waals surface area contributed by atoms with Crippen molar-refractivity contribution < 1.29 is 4.79 Å². The van der Waals surface area contributed by atoms with Gasteiger partial charge in [-0.05, 0) is 31.4 Å². The summed E-state index contributed by atoms with van der Waals surface area (Å²) in [6.45, 7) is 0.336. The zero-order valence-corrected chi connectivity index (χ0v) is 11.8.